The third kappa shape index (κ3) is 3.61. The molecular formula is C14H27N3O. The number of amides is 2. The van der Waals surface area contributed by atoms with Gasteiger partial charge in [0.15, 0.2) is 0 Å². The van der Waals surface area contributed by atoms with Gasteiger partial charge in [-0.1, -0.05) is 25.7 Å². The van der Waals surface area contributed by atoms with E-state index in [0.29, 0.717) is 11.5 Å². The van der Waals surface area contributed by atoms with Crippen LogP contribution in [-0.2, 0) is 0 Å². The fourth-order valence-corrected chi connectivity index (χ4v) is 3.22. The summed E-state index contributed by atoms with van der Waals surface area (Å²) in [6.45, 7) is 1.82. The highest BCUT2D eigenvalue weighted by molar-refractivity contribution is 5.74. The van der Waals surface area contributed by atoms with Crippen molar-refractivity contribution in [1.29, 1.82) is 0 Å². The highest BCUT2D eigenvalue weighted by atomic mass is 16.2. The summed E-state index contributed by atoms with van der Waals surface area (Å²) < 4.78 is 0. The first-order valence-electron chi connectivity index (χ1n) is 7.43. The Hall–Kier alpha value is -0.770. The van der Waals surface area contributed by atoms with Gasteiger partial charge in [0.2, 0.25) is 0 Å². The van der Waals surface area contributed by atoms with Crippen LogP contribution in [-0.4, -0.2) is 32.2 Å². The molecule has 2 saturated carbocycles. The number of hydrogen-bond acceptors (Lipinski definition) is 2. The molecule has 2 fully saturated rings. The SMILES string of the molecule is CNCC1(CNC(=O)NC2CCCCC2)CCC1. The summed E-state index contributed by atoms with van der Waals surface area (Å²) in [5, 5.41) is 9.42. The van der Waals surface area contributed by atoms with Crippen LogP contribution in [0.4, 0.5) is 4.79 Å². The minimum absolute atomic E-state index is 0.0317. The van der Waals surface area contributed by atoms with Gasteiger partial charge < -0.3 is 16.0 Å². The van der Waals surface area contributed by atoms with Gasteiger partial charge in [0.25, 0.3) is 0 Å². The molecule has 104 valence electrons. The molecule has 18 heavy (non-hydrogen) atoms. The van der Waals surface area contributed by atoms with Crippen molar-refractivity contribution in [3.63, 3.8) is 0 Å². The normalized spacial score (nSPS) is 23.2. The zero-order valence-corrected chi connectivity index (χ0v) is 11.6. The van der Waals surface area contributed by atoms with Gasteiger partial charge in [0, 0.05) is 24.5 Å². The van der Waals surface area contributed by atoms with Crippen LogP contribution in [0.2, 0.25) is 0 Å². The lowest BCUT2D eigenvalue weighted by Gasteiger charge is -2.42. The van der Waals surface area contributed by atoms with E-state index in [4.69, 9.17) is 0 Å². The molecule has 2 amide bonds. The van der Waals surface area contributed by atoms with Crippen LogP contribution in [0.25, 0.3) is 0 Å². The highest BCUT2D eigenvalue weighted by Crippen LogP contribution is 2.39. The van der Waals surface area contributed by atoms with Crippen LogP contribution >= 0.6 is 0 Å². The van der Waals surface area contributed by atoms with Crippen molar-refractivity contribution in [1.82, 2.24) is 16.0 Å². The summed E-state index contributed by atoms with van der Waals surface area (Å²) in [5.74, 6) is 0. The van der Waals surface area contributed by atoms with Gasteiger partial charge in [-0.2, -0.15) is 0 Å². The third-order valence-corrected chi connectivity index (χ3v) is 4.53. The molecule has 0 unspecified atom stereocenters. The van der Waals surface area contributed by atoms with Gasteiger partial charge >= 0.3 is 6.03 Å². The van der Waals surface area contributed by atoms with Gasteiger partial charge in [-0.3, -0.25) is 0 Å². The molecule has 2 rings (SSSR count). The van der Waals surface area contributed by atoms with Crippen molar-refractivity contribution < 1.29 is 4.79 Å². The number of urea groups is 1. The van der Waals surface area contributed by atoms with Crippen molar-refractivity contribution in [2.75, 3.05) is 20.1 Å². The van der Waals surface area contributed by atoms with E-state index in [0.717, 1.165) is 25.9 Å². The summed E-state index contributed by atoms with van der Waals surface area (Å²) in [6, 6.07) is 0.435. The minimum atomic E-state index is 0.0317. The summed E-state index contributed by atoms with van der Waals surface area (Å²) in [5.41, 5.74) is 0.318. The van der Waals surface area contributed by atoms with Gasteiger partial charge in [-0.25, -0.2) is 4.79 Å². The van der Waals surface area contributed by atoms with E-state index < -0.39 is 0 Å². The first-order chi connectivity index (χ1) is 8.74. The molecule has 0 saturated heterocycles. The van der Waals surface area contributed by atoms with E-state index in [-0.39, 0.29) is 6.03 Å². The lowest BCUT2D eigenvalue weighted by atomic mass is 9.68. The molecule has 0 aromatic heterocycles. The molecule has 3 N–H and O–H groups in total. The summed E-state index contributed by atoms with van der Waals surface area (Å²) >= 11 is 0. The number of hydrogen-bond donors (Lipinski definition) is 3. The fourth-order valence-electron chi connectivity index (χ4n) is 3.22. The van der Waals surface area contributed by atoms with Crippen LogP contribution in [0.1, 0.15) is 51.4 Å². The molecular weight excluding hydrogens is 226 g/mol. The second-order valence-corrected chi connectivity index (χ2v) is 6.05. The molecule has 0 spiro atoms. The van der Waals surface area contributed by atoms with Crippen molar-refractivity contribution in [3.05, 3.63) is 0 Å². The van der Waals surface area contributed by atoms with Crippen molar-refractivity contribution in [3.8, 4) is 0 Å². The molecule has 0 atom stereocenters. The van der Waals surface area contributed by atoms with E-state index in [9.17, 15) is 4.79 Å². The average Bonchev–Trinajstić information content (AvgIpc) is 2.34. The van der Waals surface area contributed by atoms with Gasteiger partial charge in [-0.15, -0.1) is 0 Å². The number of carbonyl (C=O) groups excluding carboxylic acids is 1. The van der Waals surface area contributed by atoms with Gasteiger partial charge in [0.05, 0.1) is 0 Å². The molecule has 0 aliphatic heterocycles. The largest absolute Gasteiger partial charge is 0.338 e. The second kappa shape index (κ2) is 6.41. The predicted molar refractivity (Wildman–Crippen MR) is 73.6 cm³/mol. The molecule has 4 heteroatoms. The summed E-state index contributed by atoms with van der Waals surface area (Å²) in [4.78, 5) is 11.9. The first-order valence-corrected chi connectivity index (χ1v) is 7.43. The Labute approximate surface area is 110 Å². The zero-order valence-electron chi connectivity index (χ0n) is 11.6. The molecule has 0 bridgehead atoms. The van der Waals surface area contributed by atoms with Gasteiger partial charge in [-0.05, 0) is 32.7 Å². The van der Waals surface area contributed by atoms with Crippen molar-refractivity contribution in [2.24, 2.45) is 5.41 Å². The Balaban J connectivity index is 1.67. The molecule has 0 aromatic carbocycles. The highest BCUT2D eigenvalue weighted by Gasteiger charge is 2.36. The molecule has 2 aliphatic carbocycles. The first kappa shape index (κ1) is 13.7. The number of rotatable bonds is 5. The lowest BCUT2D eigenvalue weighted by Crippen LogP contribution is -2.51. The van der Waals surface area contributed by atoms with E-state index >= 15 is 0 Å². The van der Waals surface area contributed by atoms with Gasteiger partial charge in [0.1, 0.15) is 0 Å². The Bertz CT molecular complexity index is 270. The van der Waals surface area contributed by atoms with Crippen LogP contribution in [0.3, 0.4) is 0 Å². The smallest absolute Gasteiger partial charge is 0.315 e. The van der Waals surface area contributed by atoms with E-state index in [1.54, 1.807) is 0 Å². The molecule has 4 nitrogen and oxygen atoms in total. The van der Waals surface area contributed by atoms with Crippen LogP contribution in [0.15, 0.2) is 0 Å². The minimum Gasteiger partial charge on any atom is -0.338 e. The summed E-state index contributed by atoms with van der Waals surface area (Å²) in [6.07, 6.45) is 9.90. The third-order valence-electron chi connectivity index (χ3n) is 4.53. The maximum absolute atomic E-state index is 11.9. The van der Waals surface area contributed by atoms with Crippen LogP contribution in [0.5, 0.6) is 0 Å². The molecule has 0 radical (unpaired) electrons. The van der Waals surface area contributed by atoms with Crippen molar-refractivity contribution in [2.45, 2.75) is 57.4 Å². The number of nitrogens with one attached hydrogen (secondary N) is 3. The Morgan fingerprint density at radius 3 is 2.39 bits per heavy atom. The Kier molecular flexibility index (Phi) is 4.87. The Morgan fingerprint density at radius 2 is 1.83 bits per heavy atom. The molecule has 0 heterocycles. The topological polar surface area (TPSA) is 53.2 Å². The summed E-state index contributed by atoms with van der Waals surface area (Å²) in [7, 11) is 1.99. The Morgan fingerprint density at radius 1 is 1.11 bits per heavy atom. The number of carbonyl (C=O) groups is 1. The van der Waals surface area contributed by atoms with Crippen LogP contribution < -0.4 is 16.0 Å². The molecule has 0 aromatic rings. The van der Waals surface area contributed by atoms with E-state index in [1.165, 1.54) is 38.5 Å². The monoisotopic (exact) mass is 253 g/mol. The van der Waals surface area contributed by atoms with E-state index in [1.807, 2.05) is 7.05 Å². The second-order valence-electron chi connectivity index (χ2n) is 6.05. The zero-order chi connectivity index (χ0) is 12.8. The predicted octanol–water partition coefficient (Wildman–Crippen LogP) is 2.01. The average molecular weight is 253 g/mol. The fraction of sp³-hybridized carbons (Fsp3) is 0.929. The maximum Gasteiger partial charge on any atom is 0.315 e. The van der Waals surface area contributed by atoms with Crippen LogP contribution in [0, 0.1) is 5.41 Å². The quantitative estimate of drug-likeness (QED) is 0.702. The standard InChI is InChI=1S/C14H27N3O/c1-15-10-14(8-5-9-14)11-16-13(18)17-12-6-3-2-4-7-12/h12,15H,2-11H2,1H3,(H2,16,17,18). The van der Waals surface area contributed by atoms with Crippen molar-refractivity contribution >= 4 is 6.03 Å². The molecule has 2 aliphatic rings. The maximum atomic E-state index is 11.9. The lowest BCUT2D eigenvalue weighted by molar-refractivity contribution is 0.131. The van der Waals surface area contributed by atoms with E-state index in [2.05, 4.69) is 16.0 Å².